The van der Waals surface area contributed by atoms with Crippen molar-refractivity contribution < 1.29 is 32.3 Å². The van der Waals surface area contributed by atoms with Gasteiger partial charge in [0.2, 0.25) is 0 Å². The van der Waals surface area contributed by atoms with Crippen LogP contribution < -0.4 is 14.2 Å². The van der Waals surface area contributed by atoms with Crippen LogP contribution in [0.4, 0.5) is 4.39 Å². The van der Waals surface area contributed by atoms with Crippen molar-refractivity contribution in [2.45, 2.75) is 4.90 Å². The Balaban J connectivity index is 1.76. The number of fused-ring (bicyclic) bond motifs is 1. The van der Waals surface area contributed by atoms with Crippen molar-refractivity contribution in [3.63, 3.8) is 0 Å². The zero-order valence-electron chi connectivity index (χ0n) is 18.7. The number of halogens is 1. The Kier molecular flexibility index (Phi) is 6.79. The van der Waals surface area contributed by atoms with Gasteiger partial charge < -0.3 is 18.9 Å². The number of hydrogen-bond donors (Lipinski definition) is 0. The summed E-state index contributed by atoms with van der Waals surface area (Å²) in [5.74, 6) is 0.235. The Hall–Kier alpha value is -3.91. The second kappa shape index (κ2) is 9.93. The Bertz CT molecular complexity index is 1310. The zero-order chi connectivity index (χ0) is 24.2. The van der Waals surface area contributed by atoms with Gasteiger partial charge in [0.25, 0.3) is 0 Å². The molecule has 6 nitrogen and oxygen atoms in total. The molecule has 3 aromatic carbocycles. The molecule has 34 heavy (non-hydrogen) atoms. The summed E-state index contributed by atoms with van der Waals surface area (Å²) < 4.78 is 49.6. The molecular weight excluding hydrogens is 459 g/mol. The van der Waals surface area contributed by atoms with E-state index in [1.54, 1.807) is 67.8 Å². The minimum atomic E-state index is -1.84. The normalized spacial score (nSPS) is 14.8. The van der Waals surface area contributed by atoms with E-state index in [1.807, 2.05) is 0 Å². The van der Waals surface area contributed by atoms with E-state index in [4.69, 9.17) is 14.2 Å². The van der Waals surface area contributed by atoms with Crippen molar-refractivity contribution in [1.29, 1.82) is 0 Å². The predicted molar refractivity (Wildman–Crippen MR) is 127 cm³/mol. The van der Waals surface area contributed by atoms with E-state index in [-0.39, 0.29) is 16.4 Å². The van der Waals surface area contributed by atoms with E-state index in [1.165, 1.54) is 26.4 Å². The maximum Gasteiger partial charge on any atom is 0.330 e. The average molecular weight is 481 g/mol. The third-order valence-electron chi connectivity index (χ3n) is 5.17. The van der Waals surface area contributed by atoms with Gasteiger partial charge in [-0.2, -0.15) is 0 Å². The molecule has 0 spiro atoms. The summed E-state index contributed by atoms with van der Waals surface area (Å²) in [6.07, 6.45) is 2.92. The van der Waals surface area contributed by atoms with Gasteiger partial charge in [0.15, 0.2) is 17.3 Å². The molecule has 0 N–H and O–H groups in total. The number of ether oxygens (including phenoxy) is 4. The number of carbonyl (C=O) groups excluding carboxylic acids is 1. The molecule has 4 rings (SSSR count). The standard InChI is InChI=1S/C26H21FO6S/c1-30-18-11-7-17(8-12-18)25-24(20-13-14-21(31-2)23(27)26(20)34(25)29)33-19-9-4-16(5-10-19)6-15-22(28)32-3/h4-15H,1-3H3/b15-6+. The molecule has 0 aliphatic carbocycles. The lowest BCUT2D eigenvalue weighted by Crippen LogP contribution is -1.98. The van der Waals surface area contributed by atoms with Crippen LogP contribution in [-0.4, -0.2) is 31.5 Å². The summed E-state index contributed by atoms with van der Waals surface area (Å²) in [6.45, 7) is 0. The third-order valence-corrected chi connectivity index (χ3v) is 6.73. The highest BCUT2D eigenvalue weighted by Crippen LogP contribution is 2.45. The zero-order valence-corrected chi connectivity index (χ0v) is 19.5. The minimum Gasteiger partial charge on any atom is -0.497 e. The maximum absolute atomic E-state index is 15.1. The van der Waals surface area contributed by atoms with E-state index >= 15 is 4.39 Å². The predicted octanol–water partition coefficient (Wildman–Crippen LogP) is 5.06. The van der Waals surface area contributed by atoms with Crippen LogP contribution in [0.25, 0.3) is 16.7 Å². The van der Waals surface area contributed by atoms with Crippen LogP contribution in [0.2, 0.25) is 0 Å². The molecular formula is C26H21FO6S. The molecule has 8 heteroatoms. The van der Waals surface area contributed by atoms with E-state index in [0.29, 0.717) is 27.5 Å². The van der Waals surface area contributed by atoms with Crippen LogP contribution in [0.5, 0.6) is 17.2 Å². The second-order valence-corrected chi connectivity index (χ2v) is 8.50. The van der Waals surface area contributed by atoms with Crippen molar-refractivity contribution in [1.82, 2.24) is 0 Å². The number of carbonyl (C=O) groups is 1. The summed E-state index contributed by atoms with van der Waals surface area (Å²) in [4.78, 5) is 11.7. The lowest BCUT2D eigenvalue weighted by molar-refractivity contribution is -0.134. The first kappa shape index (κ1) is 23.3. The summed E-state index contributed by atoms with van der Waals surface area (Å²) >= 11 is 0. The van der Waals surface area contributed by atoms with Gasteiger partial charge in [0.05, 0.1) is 41.9 Å². The van der Waals surface area contributed by atoms with E-state index in [9.17, 15) is 9.00 Å². The summed E-state index contributed by atoms with van der Waals surface area (Å²) in [5.41, 5.74) is 1.76. The molecule has 0 saturated heterocycles. The molecule has 0 amide bonds. The number of methoxy groups -OCH3 is 3. The van der Waals surface area contributed by atoms with Crippen LogP contribution in [0.3, 0.4) is 0 Å². The lowest BCUT2D eigenvalue weighted by atomic mass is 10.1. The molecule has 174 valence electrons. The van der Waals surface area contributed by atoms with Crippen molar-refractivity contribution in [3.05, 3.63) is 89.2 Å². The van der Waals surface area contributed by atoms with E-state index in [2.05, 4.69) is 4.74 Å². The molecule has 0 fully saturated rings. The van der Waals surface area contributed by atoms with Gasteiger partial charge in [0, 0.05) is 11.6 Å². The first-order valence-electron chi connectivity index (χ1n) is 10.2. The lowest BCUT2D eigenvalue weighted by Gasteiger charge is -2.11. The van der Waals surface area contributed by atoms with Gasteiger partial charge in [-0.1, -0.05) is 12.1 Å². The number of esters is 1. The first-order chi connectivity index (χ1) is 16.5. The highest BCUT2D eigenvalue weighted by Gasteiger charge is 2.35. The second-order valence-electron chi connectivity index (χ2n) is 7.14. The molecule has 0 saturated carbocycles. The Morgan fingerprint density at radius 1 is 0.882 bits per heavy atom. The number of rotatable bonds is 7. The van der Waals surface area contributed by atoms with Gasteiger partial charge in [-0.25, -0.2) is 13.4 Å². The van der Waals surface area contributed by atoms with Gasteiger partial charge in [-0.3, -0.25) is 0 Å². The van der Waals surface area contributed by atoms with E-state index in [0.717, 1.165) is 5.56 Å². The number of hydrogen-bond acceptors (Lipinski definition) is 6. The minimum absolute atomic E-state index is 0.00387. The van der Waals surface area contributed by atoms with Gasteiger partial charge in [-0.05, 0) is 65.7 Å². The Labute approximate surface area is 198 Å². The molecule has 0 radical (unpaired) electrons. The highest BCUT2D eigenvalue weighted by molar-refractivity contribution is 7.95. The fraction of sp³-hybridized carbons (Fsp3) is 0.115. The Morgan fingerprint density at radius 2 is 1.56 bits per heavy atom. The van der Waals surface area contributed by atoms with Gasteiger partial charge >= 0.3 is 5.97 Å². The van der Waals surface area contributed by atoms with Crippen LogP contribution in [0.1, 0.15) is 16.7 Å². The molecule has 1 unspecified atom stereocenters. The molecule has 1 atom stereocenters. The largest absolute Gasteiger partial charge is 0.497 e. The number of benzene rings is 3. The molecule has 1 heterocycles. The molecule has 1 aliphatic rings. The third kappa shape index (κ3) is 4.45. The molecule has 0 bridgehead atoms. The van der Waals surface area contributed by atoms with Crippen molar-refractivity contribution in [3.8, 4) is 17.2 Å². The van der Waals surface area contributed by atoms with Crippen LogP contribution in [-0.2, 0) is 20.3 Å². The van der Waals surface area contributed by atoms with Gasteiger partial charge in [-0.15, -0.1) is 0 Å². The fourth-order valence-electron chi connectivity index (χ4n) is 3.44. The highest BCUT2D eigenvalue weighted by atomic mass is 32.2. The molecule has 3 aromatic rings. The fourth-order valence-corrected chi connectivity index (χ4v) is 4.94. The maximum atomic E-state index is 15.1. The van der Waals surface area contributed by atoms with Crippen molar-refractivity contribution in [2.24, 2.45) is 0 Å². The van der Waals surface area contributed by atoms with Crippen LogP contribution >= 0.6 is 0 Å². The first-order valence-corrected chi connectivity index (χ1v) is 11.3. The summed E-state index contributed by atoms with van der Waals surface area (Å²) in [7, 11) is 2.37. The quantitative estimate of drug-likeness (QED) is 0.348. The molecule has 1 aliphatic heterocycles. The average Bonchev–Trinajstić information content (AvgIpc) is 3.15. The van der Waals surface area contributed by atoms with Crippen LogP contribution in [0, 0.1) is 5.82 Å². The van der Waals surface area contributed by atoms with Crippen molar-refractivity contribution in [2.75, 3.05) is 21.3 Å². The SMILES string of the molecule is COC(=O)/C=C/c1ccc(OC2=C(c3ccc(OC)cc3)S(=O)c3c2ccc(OC)c3F)cc1. The van der Waals surface area contributed by atoms with Gasteiger partial charge in [0.1, 0.15) is 11.5 Å². The monoisotopic (exact) mass is 480 g/mol. The smallest absolute Gasteiger partial charge is 0.330 e. The van der Waals surface area contributed by atoms with Crippen LogP contribution in [0.15, 0.2) is 71.6 Å². The summed E-state index contributed by atoms with van der Waals surface area (Å²) in [6, 6.07) is 17.0. The topological polar surface area (TPSA) is 71.1 Å². The van der Waals surface area contributed by atoms with Crippen molar-refractivity contribution >= 4 is 33.5 Å². The summed E-state index contributed by atoms with van der Waals surface area (Å²) in [5, 5.41) is 0. The van der Waals surface area contributed by atoms with E-state index < -0.39 is 22.6 Å². The molecule has 0 aromatic heterocycles. The Morgan fingerprint density at radius 3 is 2.18 bits per heavy atom.